The summed E-state index contributed by atoms with van der Waals surface area (Å²) < 4.78 is 0. The molecule has 0 fully saturated rings. The van der Waals surface area contributed by atoms with Crippen LogP contribution in [0.2, 0.25) is 0 Å². The van der Waals surface area contributed by atoms with E-state index in [0.717, 1.165) is 12.8 Å². The monoisotopic (exact) mass is 201 g/mol. The Kier molecular flexibility index (Phi) is 5.92. The highest BCUT2D eigenvalue weighted by Crippen LogP contribution is 2.05. The lowest BCUT2D eigenvalue weighted by atomic mass is 10.2. The fraction of sp³-hybridized carbons (Fsp3) is 0.800. The molecule has 1 unspecified atom stereocenters. The SMILES string of the molecule is CCCCC(=O)N(C)C(C)CC(=O)O. The first-order chi connectivity index (χ1) is 6.49. The number of carboxylic acids is 1. The molecule has 1 atom stereocenters. The third-order valence-corrected chi connectivity index (χ3v) is 2.27. The zero-order valence-corrected chi connectivity index (χ0v) is 9.12. The van der Waals surface area contributed by atoms with Gasteiger partial charge in [-0.1, -0.05) is 13.3 Å². The highest BCUT2D eigenvalue weighted by atomic mass is 16.4. The highest BCUT2D eigenvalue weighted by molar-refractivity contribution is 5.77. The van der Waals surface area contributed by atoms with Crippen molar-refractivity contribution in [2.75, 3.05) is 7.05 Å². The Balaban J connectivity index is 3.96. The number of amides is 1. The van der Waals surface area contributed by atoms with Gasteiger partial charge < -0.3 is 10.0 Å². The summed E-state index contributed by atoms with van der Waals surface area (Å²) in [7, 11) is 1.66. The quantitative estimate of drug-likeness (QED) is 0.708. The molecule has 0 aromatic carbocycles. The third-order valence-electron chi connectivity index (χ3n) is 2.27. The molecule has 0 aromatic heterocycles. The molecule has 14 heavy (non-hydrogen) atoms. The minimum Gasteiger partial charge on any atom is -0.481 e. The summed E-state index contributed by atoms with van der Waals surface area (Å²) in [6.07, 6.45) is 2.36. The van der Waals surface area contributed by atoms with Gasteiger partial charge in [0.15, 0.2) is 0 Å². The molecular weight excluding hydrogens is 182 g/mol. The smallest absolute Gasteiger partial charge is 0.305 e. The Morgan fingerprint density at radius 3 is 2.43 bits per heavy atom. The zero-order valence-electron chi connectivity index (χ0n) is 9.12. The first kappa shape index (κ1) is 12.9. The van der Waals surface area contributed by atoms with E-state index in [-0.39, 0.29) is 18.4 Å². The van der Waals surface area contributed by atoms with E-state index < -0.39 is 5.97 Å². The molecule has 0 saturated heterocycles. The lowest BCUT2D eigenvalue weighted by Gasteiger charge is -2.23. The molecule has 0 aromatic rings. The van der Waals surface area contributed by atoms with Gasteiger partial charge in [0, 0.05) is 19.5 Å². The molecule has 0 saturated carbocycles. The summed E-state index contributed by atoms with van der Waals surface area (Å²) >= 11 is 0. The predicted octanol–water partition coefficient (Wildman–Crippen LogP) is 1.50. The lowest BCUT2D eigenvalue weighted by molar-refractivity contribution is -0.139. The molecule has 1 N–H and O–H groups in total. The van der Waals surface area contributed by atoms with E-state index in [1.807, 2.05) is 6.92 Å². The van der Waals surface area contributed by atoms with Gasteiger partial charge in [-0.2, -0.15) is 0 Å². The van der Waals surface area contributed by atoms with Crippen LogP contribution in [0.25, 0.3) is 0 Å². The first-order valence-electron chi connectivity index (χ1n) is 4.96. The number of hydrogen-bond acceptors (Lipinski definition) is 2. The number of carbonyl (C=O) groups is 2. The summed E-state index contributed by atoms with van der Waals surface area (Å²) in [6.45, 7) is 3.77. The van der Waals surface area contributed by atoms with Crippen LogP contribution < -0.4 is 0 Å². The fourth-order valence-electron chi connectivity index (χ4n) is 1.14. The average Bonchev–Trinajstić information content (AvgIpc) is 2.11. The van der Waals surface area contributed by atoms with Crippen molar-refractivity contribution in [3.8, 4) is 0 Å². The molecule has 0 radical (unpaired) electrons. The molecule has 4 heteroatoms. The molecule has 0 heterocycles. The van der Waals surface area contributed by atoms with Gasteiger partial charge in [-0.05, 0) is 13.3 Å². The van der Waals surface area contributed by atoms with Crippen molar-refractivity contribution in [3.63, 3.8) is 0 Å². The van der Waals surface area contributed by atoms with Gasteiger partial charge >= 0.3 is 5.97 Å². The van der Waals surface area contributed by atoms with Crippen molar-refractivity contribution in [2.45, 2.75) is 45.6 Å². The molecule has 82 valence electrons. The van der Waals surface area contributed by atoms with Gasteiger partial charge in [0.25, 0.3) is 0 Å². The van der Waals surface area contributed by atoms with E-state index in [0.29, 0.717) is 6.42 Å². The van der Waals surface area contributed by atoms with Crippen molar-refractivity contribution >= 4 is 11.9 Å². The number of nitrogens with zero attached hydrogens (tertiary/aromatic N) is 1. The number of carboxylic acid groups (broad SMARTS) is 1. The van der Waals surface area contributed by atoms with Crippen LogP contribution in [0.1, 0.15) is 39.5 Å². The lowest BCUT2D eigenvalue weighted by Crippen LogP contribution is -2.36. The second-order valence-electron chi connectivity index (χ2n) is 3.56. The van der Waals surface area contributed by atoms with Crippen molar-refractivity contribution in [3.05, 3.63) is 0 Å². The molecule has 0 spiro atoms. The Morgan fingerprint density at radius 1 is 1.43 bits per heavy atom. The largest absolute Gasteiger partial charge is 0.481 e. The minimum atomic E-state index is -0.868. The molecule has 0 aliphatic carbocycles. The van der Waals surface area contributed by atoms with E-state index in [9.17, 15) is 9.59 Å². The van der Waals surface area contributed by atoms with Crippen molar-refractivity contribution < 1.29 is 14.7 Å². The maximum absolute atomic E-state index is 11.5. The first-order valence-corrected chi connectivity index (χ1v) is 4.96. The van der Waals surface area contributed by atoms with E-state index >= 15 is 0 Å². The fourth-order valence-corrected chi connectivity index (χ4v) is 1.14. The molecule has 0 bridgehead atoms. The van der Waals surface area contributed by atoms with Gasteiger partial charge in [0.05, 0.1) is 6.42 Å². The van der Waals surface area contributed by atoms with Gasteiger partial charge in [0.1, 0.15) is 0 Å². The average molecular weight is 201 g/mol. The Hall–Kier alpha value is -1.06. The van der Waals surface area contributed by atoms with Crippen molar-refractivity contribution in [2.24, 2.45) is 0 Å². The van der Waals surface area contributed by atoms with Gasteiger partial charge in [-0.15, -0.1) is 0 Å². The van der Waals surface area contributed by atoms with Gasteiger partial charge in [0.2, 0.25) is 5.91 Å². The summed E-state index contributed by atoms with van der Waals surface area (Å²) in [5.74, 6) is -0.840. The van der Waals surface area contributed by atoms with Gasteiger partial charge in [-0.3, -0.25) is 9.59 Å². The van der Waals surface area contributed by atoms with E-state index in [1.165, 1.54) is 4.90 Å². The molecule has 0 aliphatic heterocycles. The Morgan fingerprint density at radius 2 is 2.00 bits per heavy atom. The number of rotatable bonds is 6. The van der Waals surface area contributed by atoms with Crippen LogP contribution in [-0.2, 0) is 9.59 Å². The zero-order chi connectivity index (χ0) is 11.1. The van der Waals surface area contributed by atoms with Crippen LogP contribution in [0.4, 0.5) is 0 Å². The maximum Gasteiger partial charge on any atom is 0.305 e. The number of unbranched alkanes of at least 4 members (excludes halogenated alkanes) is 1. The van der Waals surface area contributed by atoms with E-state index in [2.05, 4.69) is 0 Å². The summed E-state index contributed by atoms with van der Waals surface area (Å²) in [4.78, 5) is 23.4. The molecular formula is C10H19NO3. The Labute approximate surface area is 84.9 Å². The van der Waals surface area contributed by atoms with Crippen molar-refractivity contribution in [1.29, 1.82) is 0 Å². The van der Waals surface area contributed by atoms with Crippen LogP contribution in [0, 0.1) is 0 Å². The Bertz CT molecular complexity index is 204. The standard InChI is InChI=1S/C10H19NO3/c1-4-5-6-9(12)11(3)8(2)7-10(13)14/h8H,4-7H2,1-3H3,(H,13,14). The maximum atomic E-state index is 11.5. The van der Waals surface area contributed by atoms with Crippen LogP contribution in [0.15, 0.2) is 0 Å². The third kappa shape index (κ3) is 4.84. The molecule has 1 amide bonds. The topological polar surface area (TPSA) is 57.6 Å². The van der Waals surface area contributed by atoms with Crippen LogP contribution in [0.3, 0.4) is 0 Å². The van der Waals surface area contributed by atoms with Crippen LogP contribution in [0.5, 0.6) is 0 Å². The second-order valence-corrected chi connectivity index (χ2v) is 3.56. The summed E-state index contributed by atoms with van der Waals surface area (Å²) in [6, 6.07) is -0.225. The molecule has 0 rings (SSSR count). The predicted molar refractivity (Wildman–Crippen MR) is 54.0 cm³/mol. The number of hydrogen-bond donors (Lipinski definition) is 1. The van der Waals surface area contributed by atoms with Crippen LogP contribution in [-0.4, -0.2) is 35.0 Å². The minimum absolute atomic E-state index is 0.00830. The summed E-state index contributed by atoms with van der Waals surface area (Å²) in [5, 5.41) is 8.55. The molecule has 4 nitrogen and oxygen atoms in total. The van der Waals surface area contributed by atoms with E-state index in [4.69, 9.17) is 5.11 Å². The summed E-state index contributed by atoms with van der Waals surface area (Å²) in [5.41, 5.74) is 0. The van der Waals surface area contributed by atoms with Crippen molar-refractivity contribution in [1.82, 2.24) is 4.90 Å². The normalized spacial score (nSPS) is 12.2. The van der Waals surface area contributed by atoms with Crippen LogP contribution >= 0.6 is 0 Å². The highest BCUT2D eigenvalue weighted by Gasteiger charge is 2.17. The van der Waals surface area contributed by atoms with Gasteiger partial charge in [-0.25, -0.2) is 0 Å². The number of carbonyl (C=O) groups excluding carboxylic acids is 1. The second kappa shape index (κ2) is 6.40. The number of aliphatic carboxylic acids is 1. The van der Waals surface area contributed by atoms with E-state index in [1.54, 1.807) is 14.0 Å². The molecule has 0 aliphatic rings.